The van der Waals surface area contributed by atoms with Gasteiger partial charge in [0, 0.05) is 13.0 Å². The summed E-state index contributed by atoms with van der Waals surface area (Å²) in [5.41, 5.74) is 0. The quantitative estimate of drug-likeness (QED) is 0.271. The average molecular weight is 170 g/mol. The van der Waals surface area contributed by atoms with Gasteiger partial charge in [-0.3, -0.25) is 4.79 Å². The number of hydrogen-bond acceptors (Lipinski definition) is 4. The number of ether oxygens (including phenoxy) is 2. The Kier molecular flexibility index (Phi) is 4.45. The standard InChI is InChI=1S/C8H10O4/c1-4-7(10)12-8(5-2)11-6(3)9/h4-5,8H,1-2H2,3H3. The van der Waals surface area contributed by atoms with E-state index in [-0.39, 0.29) is 0 Å². The van der Waals surface area contributed by atoms with Crippen LogP contribution in [-0.2, 0) is 19.1 Å². The van der Waals surface area contributed by atoms with Gasteiger partial charge < -0.3 is 9.47 Å². The molecule has 0 rings (SSSR count). The predicted octanol–water partition coefficient (Wildman–Crippen LogP) is 0.791. The summed E-state index contributed by atoms with van der Waals surface area (Å²) in [4.78, 5) is 21.0. The van der Waals surface area contributed by atoms with Gasteiger partial charge in [0.2, 0.25) is 0 Å². The van der Waals surface area contributed by atoms with Crippen LogP contribution in [0, 0.1) is 0 Å². The van der Waals surface area contributed by atoms with Crippen molar-refractivity contribution in [2.45, 2.75) is 13.2 Å². The topological polar surface area (TPSA) is 52.6 Å². The zero-order valence-electron chi connectivity index (χ0n) is 6.78. The molecule has 0 amide bonds. The molecule has 0 aromatic heterocycles. The van der Waals surface area contributed by atoms with Crippen LogP contribution in [0.15, 0.2) is 25.3 Å². The second-order valence-corrected chi connectivity index (χ2v) is 1.85. The molecule has 0 aromatic carbocycles. The van der Waals surface area contributed by atoms with Crippen LogP contribution in [0.3, 0.4) is 0 Å². The van der Waals surface area contributed by atoms with Gasteiger partial charge >= 0.3 is 11.9 Å². The molecule has 1 atom stereocenters. The summed E-state index contributed by atoms with van der Waals surface area (Å²) in [7, 11) is 0. The molecule has 66 valence electrons. The van der Waals surface area contributed by atoms with Crippen LogP contribution in [0.5, 0.6) is 0 Å². The summed E-state index contributed by atoms with van der Waals surface area (Å²) >= 11 is 0. The minimum atomic E-state index is -1.03. The highest BCUT2D eigenvalue weighted by molar-refractivity contribution is 5.81. The first-order valence-electron chi connectivity index (χ1n) is 3.23. The van der Waals surface area contributed by atoms with E-state index in [0.29, 0.717) is 0 Å². The van der Waals surface area contributed by atoms with E-state index in [0.717, 1.165) is 6.08 Å². The maximum absolute atomic E-state index is 10.6. The van der Waals surface area contributed by atoms with E-state index >= 15 is 0 Å². The number of carbonyl (C=O) groups excluding carboxylic acids is 2. The van der Waals surface area contributed by atoms with Gasteiger partial charge in [-0.05, 0) is 6.08 Å². The Morgan fingerprint density at radius 3 is 2.25 bits per heavy atom. The van der Waals surface area contributed by atoms with Gasteiger partial charge in [0.1, 0.15) is 0 Å². The lowest BCUT2D eigenvalue weighted by Crippen LogP contribution is -2.20. The van der Waals surface area contributed by atoms with Crippen LogP contribution in [0.1, 0.15) is 6.92 Å². The smallest absolute Gasteiger partial charge is 0.333 e. The minimum Gasteiger partial charge on any atom is -0.421 e. The molecule has 12 heavy (non-hydrogen) atoms. The van der Waals surface area contributed by atoms with Crippen LogP contribution >= 0.6 is 0 Å². The van der Waals surface area contributed by atoms with Gasteiger partial charge in [0.15, 0.2) is 0 Å². The van der Waals surface area contributed by atoms with Crippen molar-refractivity contribution in [1.29, 1.82) is 0 Å². The second-order valence-electron chi connectivity index (χ2n) is 1.85. The molecule has 0 N–H and O–H groups in total. The van der Waals surface area contributed by atoms with Crippen molar-refractivity contribution < 1.29 is 19.1 Å². The van der Waals surface area contributed by atoms with Crippen LogP contribution in [0.2, 0.25) is 0 Å². The first-order valence-corrected chi connectivity index (χ1v) is 3.23. The number of esters is 2. The minimum absolute atomic E-state index is 0.545. The molecular formula is C8H10O4. The first-order chi connectivity index (χ1) is 5.60. The van der Waals surface area contributed by atoms with Crippen LogP contribution in [-0.4, -0.2) is 18.2 Å². The van der Waals surface area contributed by atoms with Gasteiger partial charge in [0.25, 0.3) is 6.29 Å². The molecule has 1 unspecified atom stereocenters. The molecule has 0 bridgehead atoms. The average Bonchev–Trinajstić information content (AvgIpc) is 2.02. The van der Waals surface area contributed by atoms with E-state index in [4.69, 9.17) is 0 Å². The number of rotatable bonds is 4. The zero-order chi connectivity index (χ0) is 9.56. The fourth-order valence-corrected chi connectivity index (χ4v) is 0.446. The van der Waals surface area contributed by atoms with Crippen molar-refractivity contribution in [3.63, 3.8) is 0 Å². The Bertz CT molecular complexity index is 207. The third-order valence-corrected chi connectivity index (χ3v) is 0.874. The van der Waals surface area contributed by atoms with Crippen LogP contribution in [0.25, 0.3) is 0 Å². The highest BCUT2D eigenvalue weighted by Gasteiger charge is 2.10. The van der Waals surface area contributed by atoms with Crippen molar-refractivity contribution >= 4 is 11.9 Å². The summed E-state index contributed by atoms with van der Waals surface area (Å²) in [5.74, 6) is -1.21. The number of carbonyl (C=O) groups is 2. The highest BCUT2D eigenvalue weighted by Crippen LogP contribution is 1.97. The van der Waals surface area contributed by atoms with Crippen molar-refractivity contribution in [3.05, 3.63) is 25.3 Å². The normalized spacial score (nSPS) is 11.1. The molecule has 0 saturated heterocycles. The maximum Gasteiger partial charge on any atom is 0.333 e. The van der Waals surface area contributed by atoms with Gasteiger partial charge in [-0.2, -0.15) is 0 Å². The van der Waals surface area contributed by atoms with E-state index in [1.807, 2.05) is 0 Å². The van der Waals surface area contributed by atoms with Crippen molar-refractivity contribution in [1.82, 2.24) is 0 Å². The Labute approximate surface area is 70.5 Å². The zero-order valence-corrected chi connectivity index (χ0v) is 6.78. The Morgan fingerprint density at radius 2 is 1.92 bits per heavy atom. The molecule has 0 heterocycles. The number of hydrogen-bond donors (Lipinski definition) is 0. The van der Waals surface area contributed by atoms with Gasteiger partial charge in [-0.25, -0.2) is 4.79 Å². The summed E-state index contributed by atoms with van der Waals surface area (Å²) in [6.45, 7) is 7.70. The summed E-state index contributed by atoms with van der Waals surface area (Å²) in [6, 6.07) is 0. The molecule has 0 aromatic rings. The van der Waals surface area contributed by atoms with Gasteiger partial charge in [-0.1, -0.05) is 13.2 Å². The van der Waals surface area contributed by atoms with E-state index in [2.05, 4.69) is 22.6 Å². The van der Waals surface area contributed by atoms with Crippen molar-refractivity contribution in [2.24, 2.45) is 0 Å². The lowest BCUT2D eigenvalue weighted by Gasteiger charge is -2.11. The molecule has 0 aliphatic carbocycles. The second kappa shape index (κ2) is 5.12. The van der Waals surface area contributed by atoms with Crippen molar-refractivity contribution in [2.75, 3.05) is 0 Å². The maximum atomic E-state index is 10.6. The molecule has 0 aliphatic rings. The van der Waals surface area contributed by atoms with E-state index in [1.165, 1.54) is 13.0 Å². The molecule has 0 radical (unpaired) electrons. The lowest BCUT2D eigenvalue weighted by molar-refractivity contribution is -0.174. The predicted molar refractivity (Wildman–Crippen MR) is 42.0 cm³/mol. The Balaban J connectivity index is 3.99. The molecule has 0 spiro atoms. The molecule has 0 aliphatic heterocycles. The molecule has 4 nitrogen and oxygen atoms in total. The Morgan fingerprint density at radius 1 is 1.33 bits per heavy atom. The molecule has 0 fully saturated rings. The molecule has 4 heteroatoms. The SMILES string of the molecule is C=CC(=O)OC(C=C)OC(C)=O. The monoisotopic (exact) mass is 170 g/mol. The third-order valence-electron chi connectivity index (χ3n) is 0.874. The van der Waals surface area contributed by atoms with Crippen LogP contribution in [0.4, 0.5) is 0 Å². The third kappa shape index (κ3) is 4.27. The van der Waals surface area contributed by atoms with Crippen molar-refractivity contribution in [3.8, 4) is 0 Å². The van der Waals surface area contributed by atoms with Gasteiger partial charge in [-0.15, -0.1) is 0 Å². The summed E-state index contributed by atoms with van der Waals surface area (Å²) in [6.07, 6.45) is 1.14. The van der Waals surface area contributed by atoms with E-state index in [1.54, 1.807) is 0 Å². The largest absolute Gasteiger partial charge is 0.421 e. The van der Waals surface area contributed by atoms with Crippen LogP contribution < -0.4 is 0 Å². The summed E-state index contributed by atoms with van der Waals surface area (Å²) < 4.78 is 9.07. The van der Waals surface area contributed by atoms with E-state index < -0.39 is 18.2 Å². The van der Waals surface area contributed by atoms with Gasteiger partial charge in [0.05, 0.1) is 0 Å². The molecule has 0 saturated carbocycles. The first kappa shape index (κ1) is 10.4. The highest BCUT2D eigenvalue weighted by atomic mass is 16.7. The van der Waals surface area contributed by atoms with E-state index in [9.17, 15) is 9.59 Å². The molecular weight excluding hydrogens is 160 g/mol. The Hall–Kier alpha value is -1.58. The summed E-state index contributed by atoms with van der Waals surface area (Å²) in [5, 5.41) is 0. The lowest BCUT2D eigenvalue weighted by atomic mass is 10.6. The fourth-order valence-electron chi connectivity index (χ4n) is 0.446. The fraction of sp³-hybridized carbons (Fsp3) is 0.250.